The van der Waals surface area contributed by atoms with Gasteiger partial charge in [-0.25, -0.2) is 8.78 Å². The molecule has 2 saturated carbocycles. The maximum Gasteiger partial charge on any atom is 0.166 e. The van der Waals surface area contributed by atoms with E-state index in [9.17, 15) is 8.78 Å². The van der Waals surface area contributed by atoms with Crippen molar-refractivity contribution in [3.8, 4) is 0 Å². The van der Waals surface area contributed by atoms with Crippen LogP contribution in [0.25, 0.3) is 10.8 Å². The molecule has 0 aromatic heterocycles. The number of rotatable bonds is 9. The van der Waals surface area contributed by atoms with Gasteiger partial charge in [-0.3, -0.25) is 0 Å². The van der Waals surface area contributed by atoms with E-state index >= 15 is 0 Å². The van der Waals surface area contributed by atoms with Crippen molar-refractivity contribution < 1.29 is 8.78 Å². The van der Waals surface area contributed by atoms with Gasteiger partial charge < -0.3 is 0 Å². The van der Waals surface area contributed by atoms with E-state index in [2.05, 4.69) is 6.92 Å². The lowest BCUT2D eigenvalue weighted by Crippen LogP contribution is -2.18. The molecule has 2 aliphatic carbocycles. The van der Waals surface area contributed by atoms with E-state index in [0.29, 0.717) is 10.9 Å². The van der Waals surface area contributed by atoms with Crippen molar-refractivity contribution in [3.63, 3.8) is 0 Å². The Balaban J connectivity index is 1.26. The molecule has 0 saturated heterocycles. The highest BCUT2D eigenvalue weighted by atomic mass is 19.2. The van der Waals surface area contributed by atoms with Gasteiger partial charge in [-0.15, -0.1) is 0 Å². The molecule has 2 aliphatic rings. The molecular formula is C31H44F2. The van der Waals surface area contributed by atoms with Gasteiger partial charge in [0.2, 0.25) is 0 Å². The van der Waals surface area contributed by atoms with E-state index in [-0.39, 0.29) is 5.92 Å². The fourth-order valence-corrected chi connectivity index (χ4v) is 6.64. The summed E-state index contributed by atoms with van der Waals surface area (Å²) in [6.07, 6.45) is 19.3. The zero-order valence-electron chi connectivity index (χ0n) is 21.0. The Labute approximate surface area is 200 Å². The van der Waals surface area contributed by atoms with E-state index < -0.39 is 11.6 Å². The van der Waals surface area contributed by atoms with Crippen molar-refractivity contribution in [1.82, 2.24) is 0 Å². The lowest BCUT2D eigenvalue weighted by molar-refractivity contribution is 0.221. The van der Waals surface area contributed by atoms with Crippen molar-refractivity contribution >= 4 is 10.8 Å². The van der Waals surface area contributed by atoms with Gasteiger partial charge in [-0.2, -0.15) is 0 Å². The average Bonchev–Trinajstić information content (AvgIpc) is 2.86. The molecule has 0 amide bonds. The molecule has 0 spiro atoms. The number of fused-ring (bicyclic) bond motifs is 1. The molecule has 2 heteroatoms. The third-order valence-electron chi connectivity index (χ3n) is 8.97. The van der Waals surface area contributed by atoms with Gasteiger partial charge in [-0.1, -0.05) is 90.2 Å². The summed E-state index contributed by atoms with van der Waals surface area (Å²) < 4.78 is 29.9. The second-order valence-corrected chi connectivity index (χ2v) is 11.2. The van der Waals surface area contributed by atoms with Crippen molar-refractivity contribution in [3.05, 3.63) is 47.0 Å². The standard InChI is InChI=1S/C31H44F2/c1-3-5-6-7-23-8-10-24(11-9-23)12-13-25-15-17-26(18-16-25)29-21-27-19-14-22(4-2)20-28(27)30(32)31(29)33/h14,19-21,23-26H,3-13,15-18H2,1-2H3. The van der Waals surface area contributed by atoms with E-state index in [1.165, 1.54) is 77.0 Å². The predicted octanol–water partition coefficient (Wildman–Crippen LogP) is 10.1. The highest BCUT2D eigenvalue weighted by molar-refractivity contribution is 5.85. The Morgan fingerprint density at radius 2 is 1.30 bits per heavy atom. The summed E-state index contributed by atoms with van der Waals surface area (Å²) in [6.45, 7) is 4.34. The van der Waals surface area contributed by atoms with Gasteiger partial charge in [0, 0.05) is 5.39 Å². The topological polar surface area (TPSA) is 0 Å². The first kappa shape index (κ1) is 24.7. The molecule has 2 aromatic rings. The molecule has 33 heavy (non-hydrogen) atoms. The van der Waals surface area contributed by atoms with Crippen LogP contribution in [0.15, 0.2) is 24.3 Å². The fourth-order valence-electron chi connectivity index (χ4n) is 6.64. The summed E-state index contributed by atoms with van der Waals surface area (Å²) in [4.78, 5) is 0. The van der Waals surface area contributed by atoms with Crippen molar-refractivity contribution in [2.45, 2.75) is 116 Å². The van der Waals surface area contributed by atoms with E-state index in [4.69, 9.17) is 0 Å². The molecule has 0 heterocycles. The van der Waals surface area contributed by atoms with Gasteiger partial charge in [0.05, 0.1) is 0 Å². The monoisotopic (exact) mass is 454 g/mol. The molecule has 0 radical (unpaired) electrons. The number of halogens is 2. The molecule has 0 bridgehead atoms. The minimum atomic E-state index is -0.648. The third kappa shape index (κ3) is 6.17. The van der Waals surface area contributed by atoms with Gasteiger partial charge >= 0.3 is 0 Å². The fraction of sp³-hybridized carbons (Fsp3) is 0.677. The third-order valence-corrected chi connectivity index (χ3v) is 8.97. The number of hydrogen-bond acceptors (Lipinski definition) is 0. The van der Waals surface area contributed by atoms with Gasteiger partial charge in [0.1, 0.15) is 0 Å². The average molecular weight is 455 g/mol. The van der Waals surface area contributed by atoms with Gasteiger partial charge in [0.25, 0.3) is 0 Å². The van der Waals surface area contributed by atoms with E-state index in [1.54, 1.807) is 0 Å². The number of aryl methyl sites for hydroxylation is 1. The van der Waals surface area contributed by atoms with Gasteiger partial charge in [-0.05, 0) is 84.4 Å². The molecule has 2 fully saturated rings. The summed E-state index contributed by atoms with van der Waals surface area (Å²) in [7, 11) is 0. The molecule has 2 aromatic carbocycles. The first-order chi connectivity index (χ1) is 16.1. The smallest absolute Gasteiger partial charge is 0.166 e. The Hall–Kier alpha value is -1.44. The molecule has 4 rings (SSSR count). The maximum absolute atomic E-state index is 15.0. The predicted molar refractivity (Wildman–Crippen MR) is 137 cm³/mol. The van der Waals surface area contributed by atoms with Crippen molar-refractivity contribution in [2.24, 2.45) is 17.8 Å². The highest BCUT2D eigenvalue weighted by Crippen LogP contribution is 2.42. The van der Waals surface area contributed by atoms with Crippen LogP contribution >= 0.6 is 0 Å². The van der Waals surface area contributed by atoms with Crippen LogP contribution in [-0.2, 0) is 6.42 Å². The minimum Gasteiger partial charge on any atom is -0.203 e. The van der Waals surface area contributed by atoms with Crippen LogP contribution < -0.4 is 0 Å². The zero-order valence-corrected chi connectivity index (χ0v) is 21.0. The number of benzene rings is 2. The molecule has 0 atom stereocenters. The highest BCUT2D eigenvalue weighted by Gasteiger charge is 2.28. The van der Waals surface area contributed by atoms with E-state index in [0.717, 1.165) is 48.0 Å². The molecular weight excluding hydrogens is 410 g/mol. The van der Waals surface area contributed by atoms with Crippen LogP contribution in [-0.4, -0.2) is 0 Å². The zero-order chi connectivity index (χ0) is 23.2. The summed E-state index contributed by atoms with van der Waals surface area (Å²) in [5.74, 6) is 1.63. The molecule has 0 nitrogen and oxygen atoms in total. The molecule has 0 unspecified atom stereocenters. The second kappa shape index (κ2) is 11.8. The van der Waals surface area contributed by atoms with Crippen LogP contribution in [0.3, 0.4) is 0 Å². The molecule has 0 aliphatic heterocycles. The normalized spacial score (nSPS) is 26.1. The maximum atomic E-state index is 15.0. The first-order valence-electron chi connectivity index (χ1n) is 14.0. The largest absolute Gasteiger partial charge is 0.203 e. The lowest BCUT2D eigenvalue weighted by Gasteiger charge is -2.32. The number of hydrogen-bond donors (Lipinski definition) is 0. The quantitative estimate of drug-likeness (QED) is 0.331. The number of unbranched alkanes of at least 4 members (excludes halogenated alkanes) is 2. The van der Waals surface area contributed by atoms with Gasteiger partial charge in [0.15, 0.2) is 11.6 Å². The Morgan fingerprint density at radius 1 is 0.697 bits per heavy atom. The summed E-state index contributed by atoms with van der Waals surface area (Å²) in [6, 6.07) is 7.74. The summed E-state index contributed by atoms with van der Waals surface area (Å²) >= 11 is 0. The minimum absolute atomic E-state index is 0.171. The van der Waals surface area contributed by atoms with E-state index in [1.807, 2.05) is 31.2 Å². The SMILES string of the molecule is CCCCCC1CCC(CCC2CCC(c3cc4ccc(CC)cc4c(F)c3F)CC2)CC1. The second-order valence-electron chi connectivity index (χ2n) is 11.2. The Bertz CT molecular complexity index is 885. The molecule has 182 valence electrons. The van der Waals surface area contributed by atoms with Crippen LogP contribution in [0.1, 0.15) is 121 Å². The van der Waals surface area contributed by atoms with Crippen molar-refractivity contribution in [1.29, 1.82) is 0 Å². The van der Waals surface area contributed by atoms with Crippen LogP contribution in [0.2, 0.25) is 0 Å². The van der Waals surface area contributed by atoms with Crippen LogP contribution in [0, 0.1) is 29.4 Å². The van der Waals surface area contributed by atoms with Crippen molar-refractivity contribution in [2.75, 3.05) is 0 Å². The Morgan fingerprint density at radius 3 is 1.91 bits per heavy atom. The summed E-state index contributed by atoms with van der Waals surface area (Å²) in [5.41, 5.74) is 1.67. The molecule has 0 N–H and O–H groups in total. The summed E-state index contributed by atoms with van der Waals surface area (Å²) in [5, 5.41) is 1.28. The Kier molecular flexibility index (Phi) is 8.83. The lowest BCUT2D eigenvalue weighted by atomic mass is 9.73. The first-order valence-corrected chi connectivity index (χ1v) is 14.0. The van der Waals surface area contributed by atoms with Crippen LogP contribution in [0.4, 0.5) is 8.78 Å². The van der Waals surface area contributed by atoms with Crippen LogP contribution in [0.5, 0.6) is 0 Å².